The highest BCUT2D eigenvalue weighted by molar-refractivity contribution is 7.92. The second kappa shape index (κ2) is 4.38. The van der Waals surface area contributed by atoms with Gasteiger partial charge in [0.2, 0.25) is 0 Å². The fourth-order valence-electron chi connectivity index (χ4n) is 2.51. The van der Waals surface area contributed by atoms with Crippen LogP contribution in [0.25, 0.3) is 0 Å². The molecule has 2 unspecified atom stereocenters. The number of rotatable bonds is 3. The van der Waals surface area contributed by atoms with Gasteiger partial charge >= 0.3 is 0 Å². The van der Waals surface area contributed by atoms with E-state index in [0.717, 1.165) is 6.42 Å². The van der Waals surface area contributed by atoms with Crippen LogP contribution in [0, 0.1) is 5.82 Å². The molecular formula is C12H16FNO2S. The highest BCUT2D eigenvalue weighted by atomic mass is 32.2. The molecule has 5 heteroatoms. The molecule has 1 aliphatic rings. The fraction of sp³-hybridized carbons (Fsp3) is 0.500. The van der Waals surface area contributed by atoms with Crippen LogP contribution in [0.4, 0.5) is 4.39 Å². The Morgan fingerprint density at radius 2 is 2.12 bits per heavy atom. The van der Waals surface area contributed by atoms with Gasteiger partial charge in [0.25, 0.3) is 0 Å². The van der Waals surface area contributed by atoms with Gasteiger partial charge in [0.1, 0.15) is 5.82 Å². The van der Waals surface area contributed by atoms with Crippen molar-refractivity contribution in [1.82, 2.24) is 5.32 Å². The van der Waals surface area contributed by atoms with Gasteiger partial charge in [-0.1, -0.05) is 13.3 Å². The fourth-order valence-corrected chi connectivity index (χ4v) is 4.80. The number of hydrogen-bond donors (Lipinski definition) is 1. The monoisotopic (exact) mass is 257 g/mol. The Morgan fingerprint density at radius 3 is 2.71 bits per heavy atom. The van der Waals surface area contributed by atoms with Gasteiger partial charge in [0.05, 0.1) is 16.2 Å². The van der Waals surface area contributed by atoms with Crippen molar-refractivity contribution in [3.8, 4) is 0 Å². The van der Waals surface area contributed by atoms with E-state index in [1.807, 2.05) is 6.92 Å². The average Bonchev–Trinajstić information content (AvgIpc) is 2.48. The number of halogens is 1. The van der Waals surface area contributed by atoms with Crippen LogP contribution >= 0.6 is 0 Å². The van der Waals surface area contributed by atoms with Crippen LogP contribution in [0.3, 0.4) is 0 Å². The van der Waals surface area contributed by atoms with Gasteiger partial charge in [-0.25, -0.2) is 12.8 Å². The molecule has 0 aliphatic carbocycles. The number of fused-ring (bicyclic) bond motifs is 1. The van der Waals surface area contributed by atoms with E-state index in [-0.39, 0.29) is 10.9 Å². The molecule has 1 aromatic carbocycles. The van der Waals surface area contributed by atoms with E-state index >= 15 is 0 Å². The number of nitrogens with one attached hydrogen (secondary N) is 1. The summed E-state index contributed by atoms with van der Waals surface area (Å²) in [5.41, 5.74) is 0.561. The smallest absolute Gasteiger partial charge is 0.183 e. The Kier molecular flexibility index (Phi) is 3.23. The predicted molar refractivity (Wildman–Crippen MR) is 64.1 cm³/mol. The van der Waals surface area contributed by atoms with Gasteiger partial charge in [-0.15, -0.1) is 0 Å². The van der Waals surface area contributed by atoms with Crippen LogP contribution in [-0.2, 0) is 9.84 Å². The largest absolute Gasteiger partial charge is 0.312 e. The minimum atomic E-state index is -3.32. The molecule has 0 radical (unpaired) electrons. The molecule has 3 nitrogen and oxygen atoms in total. The van der Waals surface area contributed by atoms with Crippen molar-refractivity contribution in [3.05, 3.63) is 29.6 Å². The summed E-state index contributed by atoms with van der Waals surface area (Å²) < 4.78 is 37.8. The van der Waals surface area contributed by atoms with Crippen LogP contribution in [0.1, 0.15) is 31.4 Å². The standard InChI is InChI=1S/C12H16FNO2S/c1-3-4-11-12(14-2)9-7-8(13)5-6-10(9)17(11,15)16/h5-7,11-12,14H,3-4H2,1-2H3. The summed E-state index contributed by atoms with van der Waals surface area (Å²) in [5, 5.41) is 2.51. The molecule has 0 fully saturated rings. The minimum absolute atomic E-state index is 0.275. The Morgan fingerprint density at radius 1 is 1.41 bits per heavy atom. The maximum Gasteiger partial charge on any atom is 0.183 e. The zero-order chi connectivity index (χ0) is 12.6. The SMILES string of the molecule is CCCC1C(NC)c2cc(F)ccc2S1(=O)=O. The first-order chi connectivity index (χ1) is 8.02. The normalized spacial score (nSPS) is 25.8. The van der Waals surface area contributed by atoms with E-state index in [2.05, 4.69) is 5.32 Å². The van der Waals surface area contributed by atoms with Crippen molar-refractivity contribution in [1.29, 1.82) is 0 Å². The van der Waals surface area contributed by atoms with Gasteiger partial charge in [-0.05, 0) is 37.2 Å². The van der Waals surface area contributed by atoms with Crippen LogP contribution in [0.5, 0.6) is 0 Å². The van der Waals surface area contributed by atoms with Crippen molar-refractivity contribution in [3.63, 3.8) is 0 Å². The van der Waals surface area contributed by atoms with E-state index in [4.69, 9.17) is 0 Å². The molecule has 0 amide bonds. The lowest BCUT2D eigenvalue weighted by Gasteiger charge is -2.17. The summed E-state index contributed by atoms with van der Waals surface area (Å²) >= 11 is 0. The first-order valence-electron chi connectivity index (χ1n) is 5.73. The van der Waals surface area contributed by atoms with Crippen molar-refractivity contribution < 1.29 is 12.8 Å². The predicted octanol–water partition coefficient (Wildman–Crippen LogP) is 2.04. The van der Waals surface area contributed by atoms with Crippen molar-refractivity contribution in [2.24, 2.45) is 0 Å². The Labute approximate surface area is 101 Å². The lowest BCUT2D eigenvalue weighted by atomic mass is 10.0. The summed E-state index contributed by atoms with van der Waals surface area (Å²) in [6.45, 7) is 1.95. The molecule has 0 saturated carbocycles. The lowest BCUT2D eigenvalue weighted by molar-refractivity contribution is 0.511. The lowest BCUT2D eigenvalue weighted by Crippen LogP contribution is -2.29. The third-order valence-electron chi connectivity index (χ3n) is 3.27. The molecule has 0 aromatic heterocycles. The van der Waals surface area contributed by atoms with E-state index in [1.54, 1.807) is 7.05 Å². The van der Waals surface area contributed by atoms with Gasteiger partial charge < -0.3 is 5.32 Å². The second-order valence-electron chi connectivity index (χ2n) is 4.32. The Balaban J connectivity index is 2.59. The van der Waals surface area contributed by atoms with Crippen LogP contribution < -0.4 is 5.32 Å². The van der Waals surface area contributed by atoms with Gasteiger partial charge in [0.15, 0.2) is 9.84 Å². The summed E-state index contributed by atoms with van der Waals surface area (Å²) in [6.07, 6.45) is 1.38. The molecule has 94 valence electrons. The number of benzene rings is 1. The van der Waals surface area contributed by atoms with E-state index in [9.17, 15) is 12.8 Å². The zero-order valence-corrected chi connectivity index (χ0v) is 10.7. The molecule has 0 bridgehead atoms. The zero-order valence-electron chi connectivity index (χ0n) is 9.90. The van der Waals surface area contributed by atoms with Crippen molar-refractivity contribution in [2.75, 3.05) is 7.05 Å². The number of hydrogen-bond acceptors (Lipinski definition) is 3. The van der Waals surface area contributed by atoms with Gasteiger partial charge in [0, 0.05) is 0 Å². The molecule has 1 heterocycles. The maximum atomic E-state index is 13.2. The molecule has 0 spiro atoms. The van der Waals surface area contributed by atoms with E-state index < -0.39 is 20.9 Å². The van der Waals surface area contributed by atoms with Gasteiger partial charge in [-0.2, -0.15) is 0 Å². The molecule has 0 saturated heterocycles. The molecule has 1 aliphatic heterocycles. The first kappa shape index (κ1) is 12.5. The Bertz CT molecular complexity index is 527. The highest BCUT2D eigenvalue weighted by Crippen LogP contribution is 2.41. The van der Waals surface area contributed by atoms with Crippen molar-refractivity contribution in [2.45, 2.75) is 36.0 Å². The third kappa shape index (κ3) is 1.87. The minimum Gasteiger partial charge on any atom is -0.312 e. The maximum absolute atomic E-state index is 13.2. The van der Waals surface area contributed by atoms with Crippen LogP contribution in [0.15, 0.2) is 23.1 Å². The molecule has 2 rings (SSSR count). The molecule has 1 N–H and O–H groups in total. The van der Waals surface area contributed by atoms with Crippen LogP contribution in [0.2, 0.25) is 0 Å². The molecular weight excluding hydrogens is 241 g/mol. The summed E-state index contributed by atoms with van der Waals surface area (Å²) in [6, 6.07) is 3.60. The quantitative estimate of drug-likeness (QED) is 0.843. The highest BCUT2D eigenvalue weighted by Gasteiger charge is 2.43. The number of sulfone groups is 1. The first-order valence-corrected chi connectivity index (χ1v) is 7.27. The second-order valence-corrected chi connectivity index (χ2v) is 6.46. The third-order valence-corrected chi connectivity index (χ3v) is 5.56. The van der Waals surface area contributed by atoms with E-state index in [1.165, 1.54) is 18.2 Å². The summed E-state index contributed by atoms with van der Waals surface area (Å²) in [5.74, 6) is -0.392. The molecule has 2 atom stereocenters. The summed E-state index contributed by atoms with van der Waals surface area (Å²) in [4.78, 5) is 0.275. The molecule has 1 aromatic rings. The Hall–Kier alpha value is -0.940. The van der Waals surface area contributed by atoms with Crippen LogP contribution in [-0.4, -0.2) is 20.7 Å². The topological polar surface area (TPSA) is 46.2 Å². The average molecular weight is 257 g/mol. The summed E-state index contributed by atoms with van der Waals surface area (Å²) in [7, 11) is -1.60. The van der Waals surface area contributed by atoms with E-state index in [0.29, 0.717) is 12.0 Å². The molecule has 17 heavy (non-hydrogen) atoms. The van der Waals surface area contributed by atoms with Gasteiger partial charge in [-0.3, -0.25) is 0 Å². The van der Waals surface area contributed by atoms with Crippen molar-refractivity contribution >= 4 is 9.84 Å².